The number of aromatic nitrogens is 1. The number of hydrogen-bond donors (Lipinski definition) is 2. The van der Waals surface area contributed by atoms with Gasteiger partial charge in [0.1, 0.15) is 0 Å². The molecule has 170 valence electrons. The zero-order chi connectivity index (χ0) is 22.6. The largest absolute Gasteiger partial charge is 0.481 e. The molecule has 4 atom stereocenters. The summed E-state index contributed by atoms with van der Waals surface area (Å²) in [4.78, 5) is 22.7. The molecular formula is C26H38NO4+. The van der Waals surface area contributed by atoms with E-state index < -0.39 is 11.9 Å². The van der Waals surface area contributed by atoms with Crippen molar-refractivity contribution in [3.05, 3.63) is 29.1 Å². The Morgan fingerprint density at radius 1 is 1.03 bits per heavy atom. The van der Waals surface area contributed by atoms with Crippen molar-refractivity contribution in [1.29, 1.82) is 0 Å². The minimum absolute atomic E-state index is 0.0204. The summed E-state index contributed by atoms with van der Waals surface area (Å²) in [6, 6.07) is 2.17. The lowest BCUT2D eigenvalue weighted by atomic mass is 9.40. The Hall–Kier alpha value is -1.91. The minimum atomic E-state index is -0.890. The number of rotatable bonds is 5. The SMILES string of the molecule is CC1(C)CCC[C@]2(C)[C@H]3CCc4c[n+](CC(=O)O)c(CCC(=O)O)cc4[C@]3(C)CC[C@@H]12. The van der Waals surface area contributed by atoms with Crippen LogP contribution >= 0.6 is 0 Å². The Morgan fingerprint density at radius 3 is 2.45 bits per heavy atom. The Labute approximate surface area is 185 Å². The van der Waals surface area contributed by atoms with E-state index in [2.05, 4.69) is 33.8 Å². The van der Waals surface area contributed by atoms with Crippen LogP contribution in [-0.2, 0) is 34.4 Å². The third-order valence-corrected chi connectivity index (χ3v) is 9.35. The summed E-state index contributed by atoms with van der Waals surface area (Å²) >= 11 is 0. The van der Waals surface area contributed by atoms with E-state index in [-0.39, 0.29) is 18.4 Å². The average molecular weight is 429 g/mol. The van der Waals surface area contributed by atoms with Crippen molar-refractivity contribution in [3.8, 4) is 0 Å². The monoisotopic (exact) mass is 428 g/mol. The van der Waals surface area contributed by atoms with Crippen LogP contribution in [0.15, 0.2) is 12.3 Å². The van der Waals surface area contributed by atoms with Crippen LogP contribution < -0.4 is 4.57 Å². The summed E-state index contributed by atoms with van der Waals surface area (Å²) in [7, 11) is 0. The molecule has 3 aliphatic rings. The number of aliphatic carboxylic acids is 2. The highest BCUT2D eigenvalue weighted by Crippen LogP contribution is 2.66. The Morgan fingerprint density at radius 2 is 1.77 bits per heavy atom. The van der Waals surface area contributed by atoms with Gasteiger partial charge in [-0.1, -0.05) is 34.1 Å². The summed E-state index contributed by atoms with van der Waals surface area (Å²) < 4.78 is 1.77. The topological polar surface area (TPSA) is 78.5 Å². The van der Waals surface area contributed by atoms with Gasteiger partial charge in [0, 0.05) is 18.1 Å². The van der Waals surface area contributed by atoms with Gasteiger partial charge in [0.25, 0.3) is 0 Å². The van der Waals surface area contributed by atoms with Crippen LogP contribution in [0, 0.1) is 22.7 Å². The summed E-state index contributed by atoms with van der Waals surface area (Å²) in [5.74, 6) is -0.367. The van der Waals surface area contributed by atoms with Crippen LogP contribution in [0.25, 0.3) is 0 Å². The van der Waals surface area contributed by atoms with Crippen molar-refractivity contribution in [2.75, 3.05) is 0 Å². The molecule has 4 rings (SSSR count). The Bertz CT molecular complexity index is 907. The number of carboxylic acids is 2. The van der Waals surface area contributed by atoms with Gasteiger partial charge in [-0.2, -0.15) is 4.57 Å². The van der Waals surface area contributed by atoms with Gasteiger partial charge < -0.3 is 10.2 Å². The normalized spacial score (nSPS) is 33.7. The molecule has 31 heavy (non-hydrogen) atoms. The molecule has 2 saturated carbocycles. The number of fused-ring (bicyclic) bond motifs is 5. The van der Waals surface area contributed by atoms with Crippen LogP contribution in [0.1, 0.15) is 89.5 Å². The molecule has 0 bridgehead atoms. The lowest BCUT2D eigenvalue weighted by molar-refractivity contribution is -0.693. The van der Waals surface area contributed by atoms with Gasteiger partial charge in [-0.3, -0.25) is 4.79 Å². The van der Waals surface area contributed by atoms with Crippen LogP contribution in [0.5, 0.6) is 0 Å². The molecule has 0 saturated heterocycles. The van der Waals surface area contributed by atoms with E-state index in [4.69, 9.17) is 0 Å². The van der Waals surface area contributed by atoms with Gasteiger partial charge in [-0.25, -0.2) is 4.79 Å². The second-order valence-corrected chi connectivity index (χ2v) is 11.6. The molecule has 5 heteroatoms. The highest BCUT2D eigenvalue weighted by molar-refractivity contribution is 5.67. The first-order valence-electron chi connectivity index (χ1n) is 12.0. The van der Waals surface area contributed by atoms with Gasteiger partial charge in [0.2, 0.25) is 6.54 Å². The zero-order valence-electron chi connectivity index (χ0n) is 19.5. The van der Waals surface area contributed by atoms with E-state index in [1.807, 2.05) is 6.20 Å². The first kappa shape index (κ1) is 22.3. The van der Waals surface area contributed by atoms with E-state index in [1.165, 1.54) is 36.8 Å². The molecule has 1 aromatic heterocycles. The summed E-state index contributed by atoms with van der Waals surface area (Å²) in [5.41, 5.74) is 4.25. The van der Waals surface area contributed by atoms with Crippen molar-refractivity contribution in [2.45, 2.75) is 97.4 Å². The van der Waals surface area contributed by atoms with Crippen LogP contribution in [-0.4, -0.2) is 22.2 Å². The van der Waals surface area contributed by atoms with Gasteiger partial charge in [0.15, 0.2) is 11.9 Å². The molecule has 0 radical (unpaired) electrons. The van der Waals surface area contributed by atoms with Crippen LogP contribution in [0.4, 0.5) is 0 Å². The minimum Gasteiger partial charge on any atom is -0.481 e. The number of carboxylic acid groups (broad SMARTS) is 2. The Balaban J connectivity index is 1.77. The van der Waals surface area contributed by atoms with E-state index >= 15 is 0 Å². The molecule has 2 N–H and O–H groups in total. The number of pyridine rings is 1. The first-order valence-corrected chi connectivity index (χ1v) is 12.0. The van der Waals surface area contributed by atoms with E-state index in [9.17, 15) is 19.8 Å². The maximum absolute atomic E-state index is 11.4. The lowest BCUT2D eigenvalue weighted by Crippen LogP contribution is -2.58. The maximum Gasteiger partial charge on any atom is 0.370 e. The molecular weight excluding hydrogens is 390 g/mol. The van der Waals surface area contributed by atoms with Crippen molar-refractivity contribution in [1.82, 2.24) is 0 Å². The van der Waals surface area contributed by atoms with Crippen molar-refractivity contribution >= 4 is 11.9 Å². The van der Waals surface area contributed by atoms with Gasteiger partial charge in [0.05, 0.1) is 6.42 Å². The second kappa shape index (κ2) is 7.60. The highest BCUT2D eigenvalue weighted by Gasteiger charge is 2.59. The number of carbonyl (C=O) groups is 2. The number of nitrogens with zero attached hydrogens (tertiary/aromatic N) is 1. The third kappa shape index (κ3) is 3.68. The Kier molecular flexibility index (Phi) is 5.46. The molecule has 1 aromatic rings. The fraction of sp³-hybridized carbons (Fsp3) is 0.731. The van der Waals surface area contributed by atoms with Gasteiger partial charge >= 0.3 is 11.9 Å². The third-order valence-electron chi connectivity index (χ3n) is 9.35. The summed E-state index contributed by atoms with van der Waals surface area (Å²) in [6.07, 6.45) is 10.9. The standard InChI is InChI=1S/C26H37NO4/c1-24(2)11-5-12-26(4)20(24)10-13-25(3)19-14-18(7-9-22(28)29)27(16-23(30)31)15-17(19)6-8-21(25)26/h14-15,20-21H,5-13,16H2,1-4H3,(H-,28,29,30,31)/p+1/t20-,21-,25-,26-/m0/s1. The lowest BCUT2D eigenvalue weighted by Gasteiger charge is -2.64. The molecule has 5 nitrogen and oxygen atoms in total. The van der Waals surface area contributed by atoms with Crippen molar-refractivity contribution in [2.24, 2.45) is 22.7 Å². The second-order valence-electron chi connectivity index (χ2n) is 11.6. The fourth-order valence-corrected chi connectivity index (χ4v) is 8.08. The van der Waals surface area contributed by atoms with Crippen molar-refractivity contribution in [3.63, 3.8) is 0 Å². The first-order chi connectivity index (χ1) is 14.5. The molecule has 2 fully saturated rings. The molecule has 0 aliphatic heterocycles. The molecule has 0 aromatic carbocycles. The maximum atomic E-state index is 11.4. The van der Waals surface area contributed by atoms with Gasteiger partial charge in [-0.05, 0) is 72.2 Å². The van der Waals surface area contributed by atoms with Crippen molar-refractivity contribution < 1.29 is 24.4 Å². The molecule has 3 aliphatic carbocycles. The molecule has 0 spiro atoms. The smallest absolute Gasteiger partial charge is 0.370 e. The molecule has 1 heterocycles. The molecule has 0 amide bonds. The predicted molar refractivity (Wildman–Crippen MR) is 118 cm³/mol. The summed E-state index contributed by atoms with van der Waals surface area (Å²) in [5, 5.41) is 18.6. The van der Waals surface area contributed by atoms with Gasteiger partial charge in [-0.15, -0.1) is 0 Å². The number of aryl methyl sites for hydroxylation is 2. The quantitative estimate of drug-likeness (QED) is 0.676. The predicted octanol–water partition coefficient (Wildman–Crippen LogP) is 4.52. The number of hydrogen-bond acceptors (Lipinski definition) is 2. The fourth-order valence-electron chi connectivity index (χ4n) is 8.08. The summed E-state index contributed by atoms with van der Waals surface area (Å²) in [6.45, 7) is 9.79. The van der Waals surface area contributed by atoms with E-state index in [1.54, 1.807) is 4.57 Å². The zero-order valence-corrected chi connectivity index (χ0v) is 19.5. The highest BCUT2D eigenvalue weighted by atomic mass is 16.4. The van der Waals surface area contributed by atoms with E-state index in [0.717, 1.165) is 30.9 Å². The van der Waals surface area contributed by atoms with E-state index in [0.29, 0.717) is 23.2 Å². The van der Waals surface area contributed by atoms with Crippen LogP contribution in [0.2, 0.25) is 0 Å². The molecule has 0 unspecified atom stereocenters. The average Bonchev–Trinajstić information content (AvgIpc) is 2.65. The van der Waals surface area contributed by atoms with Crippen LogP contribution in [0.3, 0.4) is 0 Å².